The first kappa shape index (κ1) is 13.1. The van der Waals surface area contributed by atoms with Crippen molar-refractivity contribution in [1.29, 1.82) is 0 Å². The second-order valence-electron chi connectivity index (χ2n) is 5.26. The van der Waals surface area contributed by atoms with E-state index in [1.54, 1.807) is 6.20 Å². The smallest absolute Gasteiger partial charge is 0.273 e. The van der Waals surface area contributed by atoms with Crippen LogP contribution in [0, 0.1) is 0 Å². The van der Waals surface area contributed by atoms with Gasteiger partial charge in [-0.05, 0) is 31.3 Å². The van der Waals surface area contributed by atoms with E-state index in [4.69, 9.17) is 0 Å². The lowest BCUT2D eigenvalue weighted by Crippen LogP contribution is -2.47. The number of nitrogens with zero attached hydrogens (tertiary/aromatic N) is 2. The standard InChI is InChI=1S/C16H19N3O/c1-17-13-6-4-10-19(11-13)16(20)15-14-7-3-2-5-12(14)8-9-18-15/h2-3,5,7-9,13,17H,4,6,10-11H2,1H3. The average Bonchev–Trinajstić information content (AvgIpc) is 2.53. The molecule has 4 heteroatoms. The number of rotatable bonds is 2. The molecule has 1 saturated heterocycles. The molecule has 0 radical (unpaired) electrons. The highest BCUT2D eigenvalue weighted by Crippen LogP contribution is 2.19. The fourth-order valence-electron chi connectivity index (χ4n) is 2.84. The number of likely N-dealkylation sites (tertiary alicyclic amines) is 1. The van der Waals surface area contributed by atoms with Crippen LogP contribution in [0.1, 0.15) is 23.3 Å². The summed E-state index contributed by atoms with van der Waals surface area (Å²) in [5.74, 6) is 0.0433. The Balaban J connectivity index is 1.92. The van der Waals surface area contributed by atoms with Crippen molar-refractivity contribution in [3.8, 4) is 0 Å². The maximum absolute atomic E-state index is 12.7. The van der Waals surface area contributed by atoms with Gasteiger partial charge in [0.05, 0.1) is 0 Å². The van der Waals surface area contributed by atoms with Crippen LogP contribution in [0.2, 0.25) is 0 Å². The van der Waals surface area contributed by atoms with Gasteiger partial charge in [-0.2, -0.15) is 0 Å². The van der Waals surface area contributed by atoms with Crippen LogP contribution in [0.4, 0.5) is 0 Å². The zero-order valence-electron chi connectivity index (χ0n) is 11.7. The van der Waals surface area contributed by atoms with Crippen molar-refractivity contribution in [1.82, 2.24) is 15.2 Å². The molecular weight excluding hydrogens is 250 g/mol. The van der Waals surface area contributed by atoms with Gasteiger partial charge in [0.2, 0.25) is 0 Å². The van der Waals surface area contributed by atoms with Crippen molar-refractivity contribution in [2.75, 3.05) is 20.1 Å². The predicted molar refractivity (Wildman–Crippen MR) is 79.7 cm³/mol. The average molecular weight is 269 g/mol. The molecule has 0 saturated carbocycles. The van der Waals surface area contributed by atoms with Crippen LogP contribution < -0.4 is 5.32 Å². The number of piperidine rings is 1. The topological polar surface area (TPSA) is 45.2 Å². The normalized spacial score (nSPS) is 19.2. The van der Waals surface area contributed by atoms with Crippen LogP contribution >= 0.6 is 0 Å². The highest BCUT2D eigenvalue weighted by Gasteiger charge is 2.25. The van der Waals surface area contributed by atoms with Crippen molar-refractivity contribution >= 4 is 16.7 Å². The molecular formula is C16H19N3O. The molecule has 1 fully saturated rings. The third-order valence-electron chi connectivity index (χ3n) is 3.99. The zero-order chi connectivity index (χ0) is 13.9. The van der Waals surface area contributed by atoms with E-state index >= 15 is 0 Å². The quantitative estimate of drug-likeness (QED) is 0.907. The van der Waals surface area contributed by atoms with E-state index in [-0.39, 0.29) is 5.91 Å². The third-order valence-corrected chi connectivity index (χ3v) is 3.99. The Morgan fingerprint density at radius 1 is 1.35 bits per heavy atom. The molecule has 20 heavy (non-hydrogen) atoms. The molecule has 0 aliphatic carbocycles. The molecule has 1 atom stereocenters. The molecule has 1 aromatic carbocycles. The first-order valence-corrected chi connectivity index (χ1v) is 7.10. The van der Waals surface area contributed by atoms with E-state index in [0.29, 0.717) is 11.7 Å². The minimum atomic E-state index is 0.0433. The summed E-state index contributed by atoms with van der Waals surface area (Å²) in [4.78, 5) is 18.9. The molecule has 3 rings (SSSR count). The fourth-order valence-corrected chi connectivity index (χ4v) is 2.84. The van der Waals surface area contributed by atoms with E-state index in [9.17, 15) is 4.79 Å². The summed E-state index contributed by atoms with van der Waals surface area (Å²) in [7, 11) is 1.95. The predicted octanol–water partition coefficient (Wildman–Crippen LogP) is 2.06. The van der Waals surface area contributed by atoms with Gasteiger partial charge in [-0.1, -0.05) is 24.3 Å². The number of carbonyl (C=O) groups excluding carboxylic acids is 1. The van der Waals surface area contributed by atoms with E-state index in [1.807, 2.05) is 42.3 Å². The molecule has 1 aliphatic rings. The lowest BCUT2D eigenvalue weighted by molar-refractivity contribution is 0.0694. The van der Waals surface area contributed by atoms with Gasteiger partial charge in [0.25, 0.3) is 5.91 Å². The zero-order valence-corrected chi connectivity index (χ0v) is 11.7. The summed E-state index contributed by atoms with van der Waals surface area (Å²) in [5, 5.41) is 5.26. The van der Waals surface area contributed by atoms with E-state index in [2.05, 4.69) is 10.3 Å². The molecule has 4 nitrogen and oxygen atoms in total. The summed E-state index contributed by atoms with van der Waals surface area (Å²) < 4.78 is 0. The first-order chi connectivity index (χ1) is 9.79. The molecule has 1 aromatic heterocycles. The number of likely N-dealkylation sites (N-methyl/N-ethyl adjacent to an activating group) is 1. The lowest BCUT2D eigenvalue weighted by Gasteiger charge is -2.32. The minimum Gasteiger partial charge on any atom is -0.336 e. The third kappa shape index (κ3) is 2.39. The Labute approximate surface area is 118 Å². The minimum absolute atomic E-state index is 0.0433. The first-order valence-electron chi connectivity index (χ1n) is 7.10. The molecule has 1 aliphatic heterocycles. The van der Waals surface area contributed by atoms with Crippen LogP contribution in [0.15, 0.2) is 36.5 Å². The largest absolute Gasteiger partial charge is 0.336 e. The maximum Gasteiger partial charge on any atom is 0.273 e. The fraction of sp³-hybridized carbons (Fsp3) is 0.375. The lowest BCUT2D eigenvalue weighted by atomic mass is 10.0. The Kier molecular flexibility index (Phi) is 3.65. The number of pyridine rings is 1. The molecule has 0 bridgehead atoms. The summed E-state index contributed by atoms with van der Waals surface area (Å²) >= 11 is 0. The monoisotopic (exact) mass is 269 g/mol. The van der Waals surface area contributed by atoms with Crippen molar-refractivity contribution in [3.05, 3.63) is 42.2 Å². The van der Waals surface area contributed by atoms with Gasteiger partial charge in [-0.25, -0.2) is 0 Å². The molecule has 2 aromatic rings. The maximum atomic E-state index is 12.7. The molecule has 104 valence electrons. The van der Waals surface area contributed by atoms with Crippen molar-refractivity contribution in [3.63, 3.8) is 0 Å². The number of fused-ring (bicyclic) bond motifs is 1. The second-order valence-corrected chi connectivity index (χ2v) is 5.26. The van der Waals surface area contributed by atoms with Crippen LogP contribution in [-0.4, -0.2) is 42.0 Å². The van der Waals surface area contributed by atoms with E-state index < -0.39 is 0 Å². The number of aromatic nitrogens is 1. The number of hydrogen-bond acceptors (Lipinski definition) is 3. The summed E-state index contributed by atoms with van der Waals surface area (Å²) in [6.45, 7) is 1.59. The van der Waals surface area contributed by atoms with Crippen LogP contribution in [0.25, 0.3) is 10.8 Å². The van der Waals surface area contributed by atoms with Crippen LogP contribution in [0.3, 0.4) is 0 Å². The molecule has 2 heterocycles. The van der Waals surface area contributed by atoms with Crippen molar-refractivity contribution in [2.24, 2.45) is 0 Å². The number of carbonyl (C=O) groups is 1. The van der Waals surface area contributed by atoms with Gasteiger partial charge in [0.15, 0.2) is 0 Å². The number of nitrogens with one attached hydrogen (secondary N) is 1. The molecule has 1 amide bonds. The van der Waals surface area contributed by atoms with E-state index in [1.165, 1.54) is 0 Å². The second kappa shape index (κ2) is 5.59. The Hall–Kier alpha value is -1.94. The summed E-state index contributed by atoms with van der Waals surface area (Å²) in [5.41, 5.74) is 0.569. The highest BCUT2D eigenvalue weighted by atomic mass is 16.2. The molecule has 1 N–H and O–H groups in total. The summed E-state index contributed by atoms with van der Waals surface area (Å²) in [6, 6.07) is 10.2. The van der Waals surface area contributed by atoms with Crippen molar-refractivity contribution in [2.45, 2.75) is 18.9 Å². The SMILES string of the molecule is CNC1CCCN(C(=O)c2nccc3ccccc23)C1. The Morgan fingerprint density at radius 3 is 3.05 bits per heavy atom. The van der Waals surface area contributed by atoms with Gasteiger partial charge >= 0.3 is 0 Å². The van der Waals surface area contributed by atoms with Crippen molar-refractivity contribution < 1.29 is 4.79 Å². The highest BCUT2D eigenvalue weighted by molar-refractivity contribution is 6.05. The Morgan fingerprint density at radius 2 is 2.20 bits per heavy atom. The van der Waals surface area contributed by atoms with Gasteiger partial charge in [-0.15, -0.1) is 0 Å². The van der Waals surface area contributed by atoms with Crippen LogP contribution in [0.5, 0.6) is 0 Å². The number of amides is 1. The molecule has 1 unspecified atom stereocenters. The number of hydrogen-bond donors (Lipinski definition) is 1. The Bertz CT molecular complexity index is 621. The van der Waals surface area contributed by atoms with E-state index in [0.717, 1.165) is 36.7 Å². The van der Waals surface area contributed by atoms with Gasteiger partial charge in [0.1, 0.15) is 5.69 Å². The van der Waals surface area contributed by atoms with Gasteiger partial charge < -0.3 is 10.2 Å². The van der Waals surface area contributed by atoms with Gasteiger partial charge in [0, 0.05) is 30.7 Å². The number of benzene rings is 1. The molecule has 0 spiro atoms. The van der Waals surface area contributed by atoms with Gasteiger partial charge in [-0.3, -0.25) is 9.78 Å². The summed E-state index contributed by atoms with van der Waals surface area (Å²) in [6.07, 6.45) is 3.89. The van der Waals surface area contributed by atoms with Crippen LogP contribution in [-0.2, 0) is 0 Å².